The SMILES string of the molecule is CC(NCc1cccc(C#N)c1)c1ccccn1. The van der Waals surface area contributed by atoms with Gasteiger partial charge in [0.15, 0.2) is 0 Å². The van der Waals surface area contributed by atoms with Gasteiger partial charge in [-0.15, -0.1) is 0 Å². The molecule has 0 fully saturated rings. The van der Waals surface area contributed by atoms with E-state index >= 15 is 0 Å². The minimum Gasteiger partial charge on any atom is -0.305 e. The third-order valence-corrected chi connectivity index (χ3v) is 2.80. The first-order valence-corrected chi connectivity index (χ1v) is 5.93. The molecule has 90 valence electrons. The summed E-state index contributed by atoms with van der Waals surface area (Å²) in [6.45, 7) is 2.81. The van der Waals surface area contributed by atoms with Gasteiger partial charge in [-0.3, -0.25) is 4.98 Å². The van der Waals surface area contributed by atoms with Crippen molar-refractivity contribution in [2.45, 2.75) is 19.5 Å². The highest BCUT2D eigenvalue weighted by atomic mass is 14.9. The second-order valence-electron chi connectivity index (χ2n) is 4.17. The molecule has 2 rings (SSSR count). The van der Waals surface area contributed by atoms with Gasteiger partial charge in [0.2, 0.25) is 0 Å². The molecule has 0 radical (unpaired) electrons. The Balaban J connectivity index is 1.97. The van der Waals surface area contributed by atoms with E-state index in [4.69, 9.17) is 5.26 Å². The Kier molecular flexibility index (Phi) is 4.06. The smallest absolute Gasteiger partial charge is 0.0991 e. The van der Waals surface area contributed by atoms with E-state index in [0.29, 0.717) is 5.56 Å². The van der Waals surface area contributed by atoms with Crippen LogP contribution >= 0.6 is 0 Å². The van der Waals surface area contributed by atoms with Crippen LogP contribution < -0.4 is 5.32 Å². The summed E-state index contributed by atoms with van der Waals surface area (Å²) >= 11 is 0. The van der Waals surface area contributed by atoms with Crippen molar-refractivity contribution in [2.24, 2.45) is 0 Å². The minimum atomic E-state index is 0.192. The molecule has 1 aromatic heterocycles. The van der Waals surface area contributed by atoms with Crippen LogP contribution in [0.1, 0.15) is 29.8 Å². The molecule has 2 aromatic rings. The van der Waals surface area contributed by atoms with Gasteiger partial charge in [0.1, 0.15) is 0 Å². The van der Waals surface area contributed by atoms with Gasteiger partial charge in [-0.25, -0.2) is 0 Å². The van der Waals surface area contributed by atoms with E-state index in [1.807, 2.05) is 42.5 Å². The van der Waals surface area contributed by atoms with Crippen LogP contribution in [0, 0.1) is 11.3 Å². The van der Waals surface area contributed by atoms with Crippen LogP contribution in [0.5, 0.6) is 0 Å². The van der Waals surface area contributed by atoms with Crippen molar-refractivity contribution < 1.29 is 0 Å². The number of hydrogen-bond acceptors (Lipinski definition) is 3. The molecule has 0 bridgehead atoms. The Labute approximate surface area is 107 Å². The molecule has 3 nitrogen and oxygen atoms in total. The summed E-state index contributed by atoms with van der Waals surface area (Å²) < 4.78 is 0. The van der Waals surface area contributed by atoms with E-state index in [2.05, 4.69) is 23.3 Å². The highest BCUT2D eigenvalue weighted by Gasteiger charge is 2.05. The number of nitrogens with zero attached hydrogens (tertiary/aromatic N) is 2. The normalized spacial score (nSPS) is 11.8. The number of pyridine rings is 1. The first kappa shape index (κ1) is 12.3. The molecule has 0 aliphatic carbocycles. The van der Waals surface area contributed by atoms with Crippen molar-refractivity contribution in [3.8, 4) is 6.07 Å². The molecule has 0 saturated carbocycles. The van der Waals surface area contributed by atoms with Gasteiger partial charge in [0, 0.05) is 18.8 Å². The molecule has 0 amide bonds. The van der Waals surface area contributed by atoms with Gasteiger partial charge < -0.3 is 5.32 Å². The molecule has 1 unspecified atom stereocenters. The molecule has 1 heterocycles. The summed E-state index contributed by atoms with van der Waals surface area (Å²) in [4.78, 5) is 4.31. The lowest BCUT2D eigenvalue weighted by atomic mass is 10.1. The van der Waals surface area contributed by atoms with Crippen molar-refractivity contribution in [1.82, 2.24) is 10.3 Å². The lowest BCUT2D eigenvalue weighted by Crippen LogP contribution is -2.18. The van der Waals surface area contributed by atoms with Gasteiger partial charge in [-0.1, -0.05) is 18.2 Å². The lowest BCUT2D eigenvalue weighted by Gasteiger charge is -2.13. The summed E-state index contributed by atoms with van der Waals surface area (Å²) in [6, 6.07) is 15.9. The van der Waals surface area contributed by atoms with E-state index in [1.54, 1.807) is 6.20 Å². The Morgan fingerprint density at radius 3 is 2.89 bits per heavy atom. The Bertz CT molecular complexity index is 543. The van der Waals surface area contributed by atoms with E-state index in [1.165, 1.54) is 0 Å². The molecule has 0 saturated heterocycles. The zero-order chi connectivity index (χ0) is 12.8. The lowest BCUT2D eigenvalue weighted by molar-refractivity contribution is 0.561. The van der Waals surface area contributed by atoms with E-state index < -0.39 is 0 Å². The van der Waals surface area contributed by atoms with Crippen LogP contribution in [0.15, 0.2) is 48.7 Å². The fourth-order valence-corrected chi connectivity index (χ4v) is 1.76. The highest BCUT2D eigenvalue weighted by Crippen LogP contribution is 2.10. The van der Waals surface area contributed by atoms with Crippen LogP contribution in [0.4, 0.5) is 0 Å². The van der Waals surface area contributed by atoms with Crippen molar-refractivity contribution in [3.05, 3.63) is 65.5 Å². The molecular formula is C15H15N3. The zero-order valence-corrected chi connectivity index (χ0v) is 10.3. The molecule has 0 aliphatic rings. The van der Waals surface area contributed by atoms with Crippen LogP contribution in [-0.4, -0.2) is 4.98 Å². The number of benzene rings is 1. The zero-order valence-electron chi connectivity index (χ0n) is 10.3. The molecule has 18 heavy (non-hydrogen) atoms. The number of aromatic nitrogens is 1. The summed E-state index contributed by atoms with van der Waals surface area (Å²) in [7, 11) is 0. The quantitative estimate of drug-likeness (QED) is 0.889. The maximum Gasteiger partial charge on any atom is 0.0991 e. The first-order valence-electron chi connectivity index (χ1n) is 5.93. The summed E-state index contributed by atoms with van der Waals surface area (Å²) in [5.74, 6) is 0. The topological polar surface area (TPSA) is 48.7 Å². The predicted molar refractivity (Wildman–Crippen MR) is 70.6 cm³/mol. The van der Waals surface area contributed by atoms with Crippen LogP contribution in [0.3, 0.4) is 0 Å². The first-order chi connectivity index (χ1) is 8.79. The third kappa shape index (κ3) is 3.16. The minimum absolute atomic E-state index is 0.192. The van der Waals surface area contributed by atoms with Crippen LogP contribution in [0.2, 0.25) is 0 Å². The van der Waals surface area contributed by atoms with Gasteiger partial charge in [-0.05, 0) is 36.8 Å². The maximum absolute atomic E-state index is 8.84. The van der Waals surface area contributed by atoms with Crippen LogP contribution in [0.25, 0.3) is 0 Å². The number of rotatable bonds is 4. The standard InChI is InChI=1S/C15H15N3/c1-12(15-7-2-3-8-17-15)18-11-14-6-4-5-13(9-14)10-16/h2-9,12,18H,11H2,1H3. The molecule has 3 heteroatoms. The van der Waals surface area contributed by atoms with Gasteiger partial charge >= 0.3 is 0 Å². The molecule has 0 spiro atoms. The molecular weight excluding hydrogens is 222 g/mol. The number of hydrogen-bond donors (Lipinski definition) is 1. The van der Waals surface area contributed by atoms with Gasteiger partial charge in [0.25, 0.3) is 0 Å². The van der Waals surface area contributed by atoms with Crippen molar-refractivity contribution in [1.29, 1.82) is 5.26 Å². The molecule has 1 atom stereocenters. The Morgan fingerprint density at radius 1 is 1.28 bits per heavy atom. The highest BCUT2D eigenvalue weighted by molar-refractivity contribution is 5.32. The Morgan fingerprint density at radius 2 is 2.17 bits per heavy atom. The average molecular weight is 237 g/mol. The third-order valence-electron chi connectivity index (χ3n) is 2.80. The van der Waals surface area contributed by atoms with E-state index in [-0.39, 0.29) is 6.04 Å². The molecule has 1 aromatic carbocycles. The van der Waals surface area contributed by atoms with Crippen LogP contribution in [-0.2, 0) is 6.54 Å². The predicted octanol–water partition coefficient (Wildman–Crippen LogP) is 2.80. The second-order valence-corrected chi connectivity index (χ2v) is 4.17. The summed E-state index contributed by atoms with van der Waals surface area (Å²) in [6.07, 6.45) is 1.80. The fourth-order valence-electron chi connectivity index (χ4n) is 1.76. The fraction of sp³-hybridized carbons (Fsp3) is 0.200. The summed E-state index contributed by atoms with van der Waals surface area (Å²) in [5, 5.41) is 12.2. The maximum atomic E-state index is 8.84. The van der Waals surface area contributed by atoms with Gasteiger partial charge in [-0.2, -0.15) is 5.26 Å². The number of nitriles is 1. The molecule has 1 N–H and O–H groups in total. The molecule has 0 aliphatic heterocycles. The number of nitrogens with one attached hydrogen (secondary N) is 1. The largest absolute Gasteiger partial charge is 0.305 e. The average Bonchev–Trinajstić information content (AvgIpc) is 2.46. The van der Waals surface area contributed by atoms with E-state index in [9.17, 15) is 0 Å². The second kappa shape index (κ2) is 5.95. The van der Waals surface area contributed by atoms with Crippen molar-refractivity contribution in [3.63, 3.8) is 0 Å². The van der Waals surface area contributed by atoms with E-state index in [0.717, 1.165) is 17.8 Å². The van der Waals surface area contributed by atoms with Crippen molar-refractivity contribution >= 4 is 0 Å². The van der Waals surface area contributed by atoms with Crippen molar-refractivity contribution in [2.75, 3.05) is 0 Å². The Hall–Kier alpha value is -2.18. The monoisotopic (exact) mass is 237 g/mol. The van der Waals surface area contributed by atoms with Gasteiger partial charge in [0.05, 0.1) is 17.3 Å². The summed E-state index contributed by atoms with van der Waals surface area (Å²) in [5.41, 5.74) is 2.82.